The summed E-state index contributed by atoms with van der Waals surface area (Å²) in [5.41, 5.74) is 0.636. The van der Waals surface area contributed by atoms with Gasteiger partial charge < -0.3 is 10.1 Å². The highest BCUT2D eigenvalue weighted by molar-refractivity contribution is 6.83. The van der Waals surface area contributed by atoms with Crippen molar-refractivity contribution in [3.63, 3.8) is 0 Å². The average molecular weight is 279 g/mol. The Hall–Kier alpha value is -1.13. The van der Waals surface area contributed by atoms with Crippen molar-refractivity contribution in [2.24, 2.45) is 5.92 Å². The van der Waals surface area contributed by atoms with E-state index in [9.17, 15) is 9.59 Å². The Morgan fingerprint density at radius 2 is 2.05 bits per heavy atom. The zero-order valence-electron chi connectivity index (χ0n) is 12.4. The number of benzene rings is 1. The zero-order chi connectivity index (χ0) is 14.5. The van der Waals surface area contributed by atoms with Gasteiger partial charge in [0.15, 0.2) is 0 Å². The van der Waals surface area contributed by atoms with Gasteiger partial charge in [-0.25, -0.2) is 0 Å². The first-order valence-electron chi connectivity index (χ1n) is 6.92. The Balaban J connectivity index is 2.58. The molecule has 2 N–H and O–H groups in total. The van der Waals surface area contributed by atoms with Crippen LogP contribution in [0.15, 0.2) is 24.3 Å². The Morgan fingerprint density at radius 1 is 1.37 bits per heavy atom. The molecule has 0 aliphatic heterocycles. The van der Waals surface area contributed by atoms with Gasteiger partial charge in [-0.1, -0.05) is 26.0 Å². The van der Waals surface area contributed by atoms with E-state index in [-0.39, 0.29) is 5.91 Å². The predicted octanol–water partition coefficient (Wildman–Crippen LogP) is 2.26. The fourth-order valence-electron chi connectivity index (χ4n) is 1.86. The van der Waals surface area contributed by atoms with Crippen LogP contribution in [0.1, 0.15) is 37.0 Å². The topological polar surface area (TPSA) is 49.3 Å². The number of nitrogens with one attached hydrogen (secondary N) is 1. The van der Waals surface area contributed by atoms with E-state index in [2.05, 4.69) is 19.2 Å². The third kappa shape index (κ3) is 5.57. The summed E-state index contributed by atoms with van der Waals surface area (Å²) in [4.78, 5) is 22.1. The molecule has 0 spiro atoms. The van der Waals surface area contributed by atoms with E-state index in [0.717, 1.165) is 18.0 Å². The lowest BCUT2D eigenvalue weighted by Crippen LogP contribution is -2.42. The summed E-state index contributed by atoms with van der Waals surface area (Å²) >= 11 is 0. The van der Waals surface area contributed by atoms with Crippen LogP contribution in [0.5, 0.6) is 0 Å². The van der Waals surface area contributed by atoms with Crippen LogP contribution in [-0.2, 0) is 0 Å². The fourth-order valence-corrected chi connectivity index (χ4v) is 2.87. The molecule has 19 heavy (non-hydrogen) atoms. The summed E-state index contributed by atoms with van der Waals surface area (Å²) in [5, 5.41) is 3.82. The van der Waals surface area contributed by atoms with Crippen LogP contribution in [0.3, 0.4) is 0 Å². The van der Waals surface area contributed by atoms with Crippen molar-refractivity contribution in [3.05, 3.63) is 29.8 Å². The van der Waals surface area contributed by atoms with E-state index in [0.29, 0.717) is 18.0 Å². The van der Waals surface area contributed by atoms with Crippen molar-refractivity contribution in [2.75, 3.05) is 6.54 Å². The first-order chi connectivity index (χ1) is 8.80. The first-order valence-corrected chi connectivity index (χ1v) is 9.86. The molecule has 4 heteroatoms. The number of rotatable bonds is 6. The lowest BCUT2D eigenvalue weighted by molar-refractivity contribution is 0.0952. The molecule has 0 saturated carbocycles. The second-order valence-electron chi connectivity index (χ2n) is 5.93. The molecule has 0 heterocycles. The number of hydrogen-bond donors (Lipinski definition) is 2. The Morgan fingerprint density at radius 3 is 2.63 bits per heavy atom. The van der Waals surface area contributed by atoms with E-state index < -0.39 is 8.32 Å². The maximum atomic E-state index is 12.0. The molecule has 0 aromatic heterocycles. The molecule has 0 aliphatic carbocycles. The maximum Gasteiger partial charge on any atom is 0.251 e. The minimum atomic E-state index is -2.34. The molecule has 0 aliphatic rings. The van der Waals surface area contributed by atoms with Crippen molar-refractivity contribution < 1.29 is 9.59 Å². The van der Waals surface area contributed by atoms with Crippen LogP contribution in [0, 0.1) is 5.92 Å². The molecule has 0 atom stereocenters. The van der Waals surface area contributed by atoms with Crippen molar-refractivity contribution in [1.82, 2.24) is 5.32 Å². The Labute approximate surface area is 117 Å². The smallest absolute Gasteiger partial charge is 0.251 e. The summed E-state index contributed by atoms with van der Waals surface area (Å²) < 4.78 is 0. The van der Waals surface area contributed by atoms with Crippen molar-refractivity contribution >= 4 is 19.4 Å². The minimum Gasteiger partial charge on any atom is -0.428 e. The summed E-state index contributed by atoms with van der Waals surface area (Å²) in [6.45, 7) is 8.78. The molecular formula is C15H25NO2Si. The highest BCUT2D eigenvalue weighted by Crippen LogP contribution is 2.04. The quantitative estimate of drug-likeness (QED) is 0.620. The van der Waals surface area contributed by atoms with Crippen LogP contribution >= 0.6 is 0 Å². The molecule has 0 radical (unpaired) electrons. The van der Waals surface area contributed by atoms with Crippen LogP contribution in [0.4, 0.5) is 0 Å². The lowest BCUT2D eigenvalue weighted by atomic mass is 10.1. The van der Waals surface area contributed by atoms with Gasteiger partial charge >= 0.3 is 0 Å². The molecule has 0 saturated heterocycles. The molecule has 1 aromatic rings. The maximum absolute atomic E-state index is 12.0. The zero-order valence-corrected chi connectivity index (χ0v) is 13.4. The van der Waals surface area contributed by atoms with E-state index in [4.69, 9.17) is 0 Å². The van der Waals surface area contributed by atoms with E-state index in [1.807, 2.05) is 31.3 Å². The van der Waals surface area contributed by atoms with Gasteiger partial charge in [0, 0.05) is 12.1 Å². The molecule has 1 aromatic carbocycles. The average Bonchev–Trinajstić information content (AvgIpc) is 2.33. The number of hydrogen-bond acceptors (Lipinski definition) is 2. The largest absolute Gasteiger partial charge is 0.428 e. The predicted molar refractivity (Wildman–Crippen MR) is 82.2 cm³/mol. The second-order valence-corrected chi connectivity index (χ2v) is 9.63. The SMILES string of the molecule is CC(C)CCCNC(=O)c1cccc([Si](C)(C)O)c1. The third-order valence-corrected chi connectivity index (χ3v) is 4.80. The van der Waals surface area contributed by atoms with Gasteiger partial charge in [-0.05, 0) is 49.2 Å². The van der Waals surface area contributed by atoms with Gasteiger partial charge in [-0.3, -0.25) is 4.79 Å². The monoisotopic (exact) mass is 279 g/mol. The summed E-state index contributed by atoms with van der Waals surface area (Å²) in [7, 11) is -2.34. The minimum absolute atomic E-state index is 0.0520. The van der Waals surface area contributed by atoms with Gasteiger partial charge in [-0.2, -0.15) is 0 Å². The van der Waals surface area contributed by atoms with Crippen molar-refractivity contribution in [1.29, 1.82) is 0 Å². The van der Waals surface area contributed by atoms with Crippen LogP contribution < -0.4 is 10.5 Å². The van der Waals surface area contributed by atoms with E-state index >= 15 is 0 Å². The summed E-state index contributed by atoms with van der Waals surface area (Å²) in [5.74, 6) is 0.616. The third-order valence-electron chi connectivity index (χ3n) is 3.08. The van der Waals surface area contributed by atoms with Crippen molar-refractivity contribution in [3.8, 4) is 0 Å². The lowest BCUT2D eigenvalue weighted by Gasteiger charge is -2.15. The first kappa shape index (κ1) is 15.9. The van der Waals surface area contributed by atoms with Crippen LogP contribution in [0.25, 0.3) is 0 Å². The Bertz CT molecular complexity index is 424. The van der Waals surface area contributed by atoms with Gasteiger partial charge in [0.2, 0.25) is 8.32 Å². The van der Waals surface area contributed by atoms with Gasteiger partial charge in [0.1, 0.15) is 0 Å². The van der Waals surface area contributed by atoms with E-state index in [1.165, 1.54) is 0 Å². The number of carbonyl (C=O) groups is 1. The van der Waals surface area contributed by atoms with Crippen LogP contribution in [-0.4, -0.2) is 25.6 Å². The van der Waals surface area contributed by atoms with Gasteiger partial charge in [0.25, 0.3) is 5.91 Å². The molecular weight excluding hydrogens is 254 g/mol. The normalized spacial score (nSPS) is 11.7. The molecule has 3 nitrogen and oxygen atoms in total. The van der Waals surface area contributed by atoms with Crippen molar-refractivity contribution in [2.45, 2.75) is 39.8 Å². The second kappa shape index (κ2) is 6.87. The van der Waals surface area contributed by atoms with Gasteiger partial charge in [-0.15, -0.1) is 0 Å². The molecule has 1 rings (SSSR count). The standard InChI is InChI=1S/C15H25NO2Si/c1-12(2)7-6-10-16-15(17)13-8-5-9-14(11-13)19(3,4)18/h5,8-9,11-12,18H,6-7,10H2,1-4H3,(H,16,17). The molecule has 1 amide bonds. The molecule has 0 unspecified atom stereocenters. The number of carbonyl (C=O) groups excluding carboxylic acids is 1. The highest BCUT2D eigenvalue weighted by atomic mass is 28.4. The highest BCUT2D eigenvalue weighted by Gasteiger charge is 2.20. The fraction of sp³-hybridized carbons (Fsp3) is 0.533. The molecule has 106 valence electrons. The van der Waals surface area contributed by atoms with E-state index in [1.54, 1.807) is 6.07 Å². The Kier molecular flexibility index (Phi) is 5.75. The molecule has 0 fully saturated rings. The summed E-state index contributed by atoms with van der Waals surface area (Å²) in [6.07, 6.45) is 2.13. The van der Waals surface area contributed by atoms with Gasteiger partial charge in [0.05, 0.1) is 0 Å². The van der Waals surface area contributed by atoms with Crippen LogP contribution in [0.2, 0.25) is 13.1 Å². The molecule has 0 bridgehead atoms. The summed E-state index contributed by atoms with van der Waals surface area (Å²) in [6, 6.07) is 7.33. The number of amides is 1.